The quantitative estimate of drug-likeness (QED) is 0.345. The maximum absolute atomic E-state index is 10.4. The minimum Gasteiger partial charge on any atom is -0.475 e. The second-order valence-electron chi connectivity index (χ2n) is 2.09. The smallest absolute Gasteiger partial charge is 0.387 e. The summed E-state index contributed by atoms with van der Waals surface area (Å²) >= 11 is 0. The second kappa shape index (κ2) is 3.70. The van der Waals surface area contributed by atoms with E-state index in [1.165, 1.54) is 13.8 Å². The molecule has 0 aliphatic carbocycles. The van der Waals surface area contributed by atoms with Gasteiger partial charge in [0.15, 0.2) is 0 Å². The van der Waals surface area contributed by atoms with Crippen molar-refractivity contribution in [3.63, 3.8) is 0 Å². The summed E-state index contributed by atoms with van der Waals surface area (Å²) in [5.41, 5.74) is 0. The molecule has 0 heterocycles. The lowest BCUT2D eigenvalue weighted by Crippen LogP contribution is -2.27. The van der Waals surface area contributed by atoms with Crippen LogP contribution < -0.4 is 0 Å². The topological polar surface area (TPSA) is 80.7 Å². The number of esters is 1. The van der Waals surface area contributed by atoms with Gasteiger partial charge in [0, 0.05) is 0 Å². The van der Waals surface area contributed by atoms with Crippen LogP contribution >= 0.6 is 0 Å². The van der Waals surface area contributed by atoms with E-state index in [1.54, 1.807) is 0 Å². The van der Waals surface area contributed by atoms with Crippen molar-refractivity contribution in [1.29, 1.82) is 0 Å². The van der Waals surface area contributed by atoms with E-state index in [9.17, 15) is 14.4 Å². The number of rotatable bonds is 3. The van der Waals surface area contributed by atoms with Crippen LogP contribution in [0.25, 0.3) is 0 Å². The molecule has 0 aromatic carbocycles. The first-order valence-electron chi connectivity index (χ1n) is 2.93. The van der Waals surface area contributed by atoms with Crippen molar-refractivity contribution in [3.8, 4) is 0 Å². The number of Topliss-reactive ketones (excluding diaryl/α,β-unsaturated/α-hetero) is 1. The number of ether oxygens (including phenoxy) is 1. The van der Waals surface area contributed by atoms with Crippen molar-refractivity contribution in [3.05, 3.63) is 0 Å². The molecule has 0 rings (SSSR count). The van der Waals surface area contributed by atoms with Crippen molar-refractivity contribution < 1.29 is 24.2 Å². The van der Waals surface area contributed by atoms with Gasteiger partial charge in [-0.3, -0.25) is 4.79 Å². The molecule has 0 aromatic heterocycles. The van der Waals surface area contributed by atoms with Gasteiger partial charge in [0.25, 0.3) is 0 Å². The Morgan fingerprint density at radius 3 is 2.00 bits per heavy atom. The third-order valence-corrected chi connectivity index (χ3v) is 0.722. The van der Waals surface area contributed by atoms with Crippen LogP contribution in [-0.2, 0) is 19.1 Å². The zero-order valence-electron chi connectivity index (χ0n) is 6.16. The molecule has 0 aromatic rings. The fourth-order valence-electron chi connectivity index (χ4n) is 0.355. The van der Waals surface area contributed by atoms with Crippen molar-refractivity contribution in [2.45, 2.75) is 20.0 Å². The lowest BCUT2D eigenvalue weighted by atomic mass is 10.4. The summed E-state index contributed by atoms with van der Waals surface area (Å²) in [7, 11) is 0. The third-order valence-electron chi connectivity index (χ3n) is 0.722. The number of carboxylic acid groups (broad SMARTS) is 1. The normalized spacial score (nSPS) is 9.36. The van der Waals surface area contributed by atoms with Gasteiger partial charge >= 0.3 is 17.7 Å². The van der Waals surface area contributed by atoms with Gasteiger partial charge in [-0.2, -0.15) is 0 Å². The Hall–Kier alpha value is -1.39. The van der Waals surface area contributed by atoms with Crippen LogP contribution in [0.15, 0.2) is 0 Å². The van der Waals surface area contributed by atoms with Crippen LogP contribution in [-0.4, -0.2) is 28.9 Å². The summed E-state index contributed by atoms with van der Waals surface area (Å²) in [6.45, 7) is 3.04. The number of hydrogen-bond acceptors (Lipinski definition) is 4. The van der Waals surface area contributed by atoms with E-state index < -0.39 is 23.8 Å². The number of hydrogen-bond donors (Lipinski definition) is 1. The highest BCUT2D eigenvalue weighted by Crippen LogP contribution is 1.89. The average Bonchev–Trinajstić information content (AvgIpc) is 1.84. The lowest BCUT2D eigenvalue weighted by Gasteiger charge is -2.03. The summed E-state index contributed by atoms with van der Waals surface area (Å²) in [6.07, 6.45) is -0.481. The zero-order chi connectivity index (χ0) is 9.02. The van der Waals surface area contributed by atoms with Gasteiger partial charge in [-0.15, -0.1) is 0 Å². The molecule has 5 nitrogen and oxygen atoms in total. The Labute approximate surface area is 63.0 Å². The fourth-order valence-corrected chi connectivity index (χ4v) is 0.355. The maximum atomic E-state index is 10.4. The molecule has 0 aliphatic rings. The Kier molecular flexibility index (Phi) is 3.23. The summed E-state index contributed by atoms with van der Waals surface area (Å²) in [5.74, 6) is -4.66. The molecule has 0 atom stereocenters. The predicted molar refractivity (Wildman–Crippen MR) is 33.9 cm³/mol. The SMILES string of the molecule is CC(C)OC(=O)C(=O)C(=O)O. The molecule has 0 bridgehead atoms. The minimum atomic E-state index is -1.80. The monoisotopic (exact) mass is 160 g/mol. The molecule has 1 N–H and O–H groups in total. The molecule has 5 heteroatoms. The Balaban J connectivity index is 4.05. The maximum Gasteiger partial charge on any atom is 0.387 e. The molecule has 0 aliphatic heterocycles. The summed E-state index contributed by atoms with van der Waals surface area (Å²) in [6, 6.07) is 0. The van der Waals surface area contributed by atoms with E-state index in [1.807, 2.05) is 0 Å². The van der Waals surface area contributed by atoms with Crippen LogP contribution in [0.1, 0.15) is 13.8 Å². The van der Waals surface area contributed by atoms with E-state index in [2.05, 4.69) is 4.74 Å². The molecule has 0 radical (unpaired) electrons. The number of ketones is 1. The first-order valence-corrected chi connectivity index (χ1v) is 2.93. The van der Waals surface area contributed by atoms with Crippen LogP contribution in [0.5, 0.6) is 0 Å². The molecule has 0 fully saturated rings. The number of carboxylic acids is 1. The summed E-state index contributed by atoms with van der Waals surface area (Å²) < 4.78 is 4.30. The molecule has 0 spiro atoms. The highest BCUT2D eigenvalue weighted by molar-refractivity contribution is 6.59. The van der Waals surface area contributed by atoms with Crippen molar-refractivity contribution in [2.75, 3.05) is 0 Å². The van der Waals surface area contributed by atoms with Crippen molar-refractivity contribution in [1.82, 2.24) is 0 Å². The number of carbonyl (C=O) groups excluding carboxylic acids is 2. The van der Waals surface area contributed by atoms with E-state index in [4.69, 9.17) is 5.11 Å². The Morgan fingerprint density at radius 2 is 1.73 bits per heavy atom. The molecule has 0 saturated heterocycles. The molecule has 0 unspecified atom stereocenters. The van der Waals surface area contributed by atoms with Crippen molar-refractivity contribution >= 4 is 17.7 Å². The highest BCUT2D eigenvalue weighted by atomic mass is 16.5. The van der Waals surface area contributed by atoms with E-state index in [0.717, 1.165) is 0 Å². The second-order valence-corrected chi connectivity index (χ2v) is 2.09. The van der Waals surface area contributed by atoms with Gasteiger partial charge < -0.3 is 9.84 Å². The first-order chi connectivity index (χ1) is 4.95. The largest absolute Gasteiger partial charge is 0.475 e. The molecule has 62 valence electrons. The Bertz CT molecular complexity index is 193. The standard InChI is InChI=1S/C6H8O5/c1-3(2)11-6(10)4(7)5(8)9/h3H,1-2H3,(H,8,9). The van der Waals surface area contributed by atoms with E-state index >= 15 is 0 Å². The van der Waals surface area contributed by atoms with Gasteiger partial charge in [-0.1, -0.05) is 0 Å². The highest BCUT2D eigenvalue weighted by Gasteiger charge is 2.24. The molecular weight excluding hydrogens is 152 g/mol. The van der Waals surface area contributed by atoms with Crippen molar-refractivity contribution in [2.24, 2.45) is 0 Å². The van der Waals surface area contributed by atoms with Gasteiger partial charge in [0.05, 0.1) is 6.10 Å². The third kappa shape index (κ3) is 3.34. The van der Waals surface area contributed by atoms with Crippen LogP contribution in [0.4, 0.5) is 0 Å². The van der Waals surface area contributed by atoms with E-state index in [0.29, 0.717) is 0 Å². The summed E-state index contributed by atoms with van der Waals surface area (Å²) in [5, 5.41) is 8.01. The fraction of sp³-hybridized carbons (Fsp3) is 0.500. The van der Waals surface area contributed by atoms with Gasteiger partial charge in [0.2, 0.25) is 0 Å². The predicted octanol–water partition coefficient (Wildman–Crippen LogP) is -0.408. The summed E-state index contributed by atoms with van der Waals surface area (Å²) in [4.78, 5) is 30.6. The molecular formula is C6H8O5. The Morgan fingerprint density at radius 1 is 1.27 bits per heavy atom. The average molecular weight is 160 g/mol. The van der Waals surface area contributed by atoms with Gasteiger partial charge in [0.1, 0.15) is 0 Å². The van der Waals surface area contributed by atoms with Gasteiger partial charge in [-0.05, 0) is 13.8 Å². The van der Waals surface area contributed by atoms with Crippen LogP contribution in [0.3, 0.4) is 0 Å². The molecule has 0 saturated carbocycles. The van der Waals surface area contributed by atoms with Gasteiger partial charge in [-0.25, -0.2) is 9.59 Å². The zero-order valence-corrected chi connectivity index (χ0v) is 6.16. The lowest BCUT2D eigenvalue weighted by molar-refractivity contribution is -0.163. The van der Waals surface area contributed by atoms with Crippen LogP contribution in [0.2, 0.25) is 0 Å². The number of carbonyl (C=O) groups is 3. The van der Waals surface area contributed by atoms with Crippen LogP contribution in [0, 0.1) is 0 Å². The van der Waals surface area contributed by atoms with E-state index in [-0.39, 0.29) is 0 Å². The molecule has 0 amide bonds. The minimum absolute atomic E-state index is 0.481. The first kappa shape index (κ1) is 9.61. The number of aliphatic carboxylic acids is 1. The molecule has 11 heavy (non-hydrogen) atoms.